The Morgan fingerprint density at radius 1 is 1.05 bits per heavy atom. The highest BCUT2D eigenvalue weighted by atomic mass is 35.5. The fraction of sp³-hybridized carbons (Fsp3) is 0.235. The molecule has 0 aromatic heterocycles. The number of hydrogen-bond acceptors (Lipinski definition) is 2. The molecule has 0 heterocycles. The van der Waals surface area contributed by atoms with Crippen molar-refractivity contribution in [1.29, 1.82) is 5.26 Å². The highest BCUT2D eigenvalue weighted by Crippen LogP contribution is 2.33. The van der Waals surface area contributed by atoms with Crippen molar-refractivity contribution in [3.63, 3.8) is 0 Å². The van der Waals surface area contributed by atoms with Gasteiger partial charge in [-0.3, -0.25) is 0 Å². The number of halogens is 2. The van der Waals surface area contributed by atoms with Gasteiger partial charge in [0.1, 0.15) is 0 Å². The van der Waals surface area contributed by atoms with Crippen LogP contribution in [0.5, 0.6) is 0 Å². The van der Waals surface area contributed by atoms with Crippen LogP contribution in [0, 0.1) is 11.3 Å². The summed E-state index contributed by atoms with van der Waals surface area (Å²) >= 11 is 12.4. The zero-order valence-electron chi connectivity index (χ0n) is 12.0. The van der Waals surface area contributed by atoms with Crippen molar-refractivity contribution in [2.75, 3.05) is 19.0 Å². The summed E-state index contributed by atoms with van der Waals surface area (Å²) in [5, 5.41) is 10.5. The molecule has 0 aliphatic carbocycles. The van der Waals surface area contributed by atoms with Gasteiger partial charge in [0, 0.05) is 35.4 Å². The molecule has 0 N–H and O–H groups in total. The van der Waals surface area contributed by atoms with Gasteiger partial charge in [0.15, 0.2) is 0 Å². The Labute approximate surface area is 135 Å². The van der Waals surface area contributed by atoms with Crippen LogP contribution in [-0.4, -0.2) is 14.1 Å². The highest BCUT2D eigenvalue weighted by Gasteiger charge is 2.18. The summed E-state index contributed by atoms with van der Waals surface area (Å²) in [6.45, 7) is 0. The topological polar surface area (TPSA) is 27.0 Å². The minimum atomic E-state index is -0.351. The largest absolute Gasteiger partial charge is 0.378 e. The first-order valence-corrected chi connectivity index (χ1v) is 7.38. The molecular weight excluding hydrogens is 303 g/mol. The maximum Gasteiger partial charge on any atom is 0.0782 e. The molecule has 1 atom stereocenters. The van der Waals surface area contributed by atoms with Crippen LogP contribution in [0.15, 0.2) is 42.5 Å². The van der Waals surface area contributed by atoms with Crippen molar-refractivity contribution >= 4 is 28.9 Å². The number of nitrogens with zero attached hydrogens (tertiary/aromatic N) is 2. The van der Waals surface area contributed by atoms with Gasteiger partial charge in [-0.25, -0.2) is 0 Å². The smallest absolute Gasteiger partial charge is 0.0782 e. The standard InChI is InChI=1S/C17H16Cl2N2/c1-21(2)14-8-6-12(7-9-14)10-13(11-20)17-15(18)4-3-5-16(17)19/h3-9,13H,10H2,1-2H3. The van der Waals surface area contributed by atoms with E-state index in [1.807, 2.05) is 43.3 Å². The molecular formula is C17H16Cl2N2. The maximum atomic E-state index is 9.46. The summed E-state index contributed by atoms with van der Waals surface area (Å²) in [6.07, 6.45) is 0.591. The van der Waals surface area contributed by atoms with E-state index in [1.165, 1.54) is 0 Å². The van der Waals surface area contributed by atoms with E-state index in [-0.39, 0.29) is 5.92 Å². The average Bonchev–Trinajstić information content (AvgIpc) is 2.46. The molecule has 21 heavy (non-hydrogen) atoms. The Kier molecular flexibility index (Phi) is 5.12. The molecule has 2 aromatic carbocycles. The Morgan fingerprint density at radius 3 is 2.10 bits per heavy atom. The minimum Gasteiger partial charge on any atom is -0.378 e. The molecule has 0 amide bonds. The van der Waals surface area contributed by atoms with Gasteiger partial charge in [0.2, 0.25) is 0 Å². The molecule has 2 nitrogen and oxygen atoms in total. The van der Waals surface area contributed by atoms with Gasteiger partial charge in [-0.1, -0.05) is 41.4 Å². The Hall–Kier alpha value is -1.69. The van der Waals surface area contributed by atoms with Gasteiger partial charge in [-0.05, 0) is 36.2 Å². The van der Waals surface area contributed by atoms with E-state index in [1.54, 1.807) is 18.2 Å². The van der Waals surface area contributed by atoms with E-state index in [0.29, 0.717) is 22.0 Å². The molecule has 2 aromatic rings. The highest BCUT2D eigenvalue weighted by molar-refractivity contribution is 6.36. The second-order valence-corrected chi connectivity index (χ2v) is 5.90. The lowest BCUT2D eigenvalue weighted by Crippen LogP contribution is -2.08. The third-order valence-electron chi connectivity index (χ3n) is 3.40. The van der Waals surface area contributed by atoms with E-state index < -0.39 is 0 Å². The fourth-order valence-corrected chi connectivity index (χ4v) is 2.88. The molecule has 108 valence electrons. The summed E-state index contributed by atoms with van der Waals surface area (Å²) in [6, 6.07) is 15.8. The molecule has 0 radical (unpaired) electrons. The number of hydrogen-bond donors (Lipinski definition) is 0. The summed E-state index contributed by atoms with van der Waals surface area (Å²) in [5.41, 5.74) is 2.92. The van der Waals surface area contributed by atoms with Gasteiger partial charge < -0.3 is 4.90 Å². The van der Waals surface area contributed by atoms with Crippen LogP contribution in [0.3, 0.4) is 0 Å². The Morgan fingerprint density at radius 2 is 1.62 bits per heavy atom. The maximum absolute atomic E-state index is 9.46. The van der Waals surface area contributed by atoms with Crippen LogP contribution in [0.1, 0.15) is 17.0 Å². The lowest BCUT2D eigenvalue weighted by Gasteiger charge is -2.15. The molecule has 0 aliphatic rings. The summed E-state index contributed by atoms with van der Waals surface area (Å²) < 4.78 is 0. The number of anilines is 1. The molecule has 0 saturated heterocycles. The van der Waals surface area contributed by atoms with E-state index >= 15 is 0 Å². The fourth-order valence-electron chi connectivity index (χ4n) is 2.22. The van der Waals surface area contributed by atoms with Crippen molar-refractivity contribution in [1.82, 2.24) is 0 Å². The van der Waals surface area contributed by atoms with Gasteiger partial charge >= 0.3 is 0 Å². The minimum absolute atomic E-state index is 0.351. The van der Waals surface area contributed by atoms with E-state index in [4.69, 9.17) is 23.2 Å². The van der Waals surface area contributed by atoms with E-state index in [2.05, 4.69) is 6.07 Å². The van der Waals surface area contributed by atoms with Crippen LogP contribution < -0.4 is 4.90 Å². The van der Waals surface area contributed by atoms with Crippen molar-refractivity contribution < 1.29 is 0 Å². The quantitative estimate of drug-likeness (QED) is 0.800. The SMILES string of the molecule is CN(C)c1ccc(CC(C#N)c2c(Cl)cccc2Cl)cc1. The predicted octanol–water partition coefficient (Wildman–Crippen LogP) is 4.91. The van der Waals surface area contributed by atoms with Crippen molar-refractivity contribution in [3.05, 3.63) is 63.6 Å². The number of nitriles is 1. The van der Waals surface area contributed by atoms with Crippen LogP contribution in [0.25, 0.3) is 0 Å². The molecule has 0 aliphatic heterocycles. The van der Waals surface area contributed by atoms with Gasteiger partial charge in [0.05, 0.1) is 12.0 Å². The second-order valence-electron chi connectivity index (χ2n) is 5.08. The van der Waals surface area contributed by atoms with Gasteiger partial charge in [0.25, 0.3) is 0 Å². The first-order valence-electron chi connectivity index (χ1n) is 6.62. The lowest BCUT2D eigenvalue weighted by atomic mass is 9.93. The van der Waals surface area contributed by atoms with Gasteiger partial charge in [-0.2, -0.15) is 5.26 Å². The molecule has 4 heteroatoms. The van der Waals surface area contributed by atoms with Crippen molar-refractivity contribution in [2.24, 2.45) is 0 Å². The first kappa shape index (κ1) is 15.7. The monoisotopic (exact) mass is 318 g/mol. The normalized spacial score (nSPS) is 11.8. The zero-order chi connectivity index (χ0) is 15.4. The summed E-state index contributed by atoms with van der Waals surface area (Å²) in [4.78, 5) is 2.04. The predicted molar refractivity (Wildman–Crippen MR) is 89.3 cm³/mol. The molecule has 0 fully saturated rings. The third-order valence-corrected chi connectivity index (χ3v) is 4.06. The third kappa shape index (κ3) is 3.69. The number of rotatable bonds is 4. The van der Waals surface area contributed by atoms with Crippen molar-refractivity contribution in [3.8, 4) is 6.07 Å². The van der Waals surface area contributed by atoms with Gasteiger partial charge in [-0.15, -0.1) is 0 Å². The van der Waals surface area contributed by atoms with Crippen LogP contribution in [0.4, 0.5) is 5.69 Å². The summed E-state index contributed by atoms with van der Waals surface area (Å²) in [7, 11) is 3.99. The Bertz CT molecular complexity index is 637. The molecule has 1 unspecified atom stereocenters. The molecule has 0 saturated carbocycles. The average molecular weight is 319 g/mol. The van der Waals surface area contributed by atoms with Crippen LogP contribution >= 0.6 is 23.2 Å². The number of benzene rings is 2. The first-order chi connectivity index (χ1) is 10.0. The lowest BCUT2D eigenvalue weighted by molar-refractivity contribution is 0.849. The van der Waals surface area contributed by atoms with Crippen LogP contribution in [0.2, 0.25) is 10.0 Å². The van der Waals surface area contributed by atoms with Crippen molar-refractivity contribution in [2.45, 2.75) is 12.3 Å². The Balaban J connectivity index is 2.26. The van der Waals surface area contributed by atoms with E-state index in [9.17, 15) is 5.26 Å². The molecule has 0 spiro atoms. The molecule has 0 bridgehead atoms. The molecule has 2 rings (SSSR count). The second kappa shape index (κ2) is 6.85. The van der Waals surface area contributed by atoms with Crippen LogP contribution in [-0.2, 0) is 6.42 Å². The summed E-state index contributed by atoms with van der Waals surface area (Å²) in [5.74, 6) is -0.351. The zero-order valence-corrected chi connectivity index (χ0v) is 13.5. The van der Waals surface area contributed by atoms with E-state index in [0.717, 1.165) is 11.3 Å².